The summed E-state index contributed by atoms with van der Waals surface area (Å²) in [6.07, 6.45) is -4.82. The van der Waals surface area contributed by atoms with Crippen LogP contribution in [0.2, 0.25) is 0 Å². The first-order valence-electron chi connectivity index (χ1n) is 14.0. The number of rotatable bonds is 7. The second-order valence-electron chi connectivity index (χ2n) is 10.6. The van der Waals surface area contributed by atoms with Crippen LogP contribution >= 0.6 is 0 Å². The summed E-state index contributed by atoms with van der Waals surface area (Å²) in [4.78, 5) is 47.4. The minimum Gasteiger partial charge on any atom is -0.457 e. The topological polar surface area (TPSA) is 105 Å². The molecule has 5 aromatic carbocycles. The van der Waals surface area contributed by atoms with Gasteiger partial charge >= 0.3 is 30.1 Å². The fourth-order valence-electron chi connectivity index (χ4n) is 5.75. The maximum Gasteiger partial charge on any atom is 0.406 e. The summed E-state index contributed by atoms with van der Waals surface area (Å²) in [6, 6.07) is 26.6. The molecule has 0 aromatic heterocycles. The highest BCUT2D eigenvalue weighted by Crippen LogP contribution is 2.51. The molecule has 0 fully saturated rings. The van der Waals surface area contributed by atoms with Gasteiger partial charge in [0.25, 0.3) is 0 Å². The van der Waals surface area contributed by atoms with Crippen molar-refractivity contribution in [2.75, 3.05) is 0 Å². The predicted molar refractivity (Wildman–Crippen MR) is 158 cm³/mol. The van der Waals surface area contributed by atoms with Gasteiger partial charge in [-0.1, -0.05) is 54.6 Å². The van der Waals surface area contributed by atoms with Gasteiger partial charge in [-0.05, 0) is 77.4 Å². The van der Waals surface area contributed by atoms with Gasteiger partial charge in [-0.3, -0.25) is 0 Å². The van der Waals surface area contributed by atoms with Gasteiger partial charge in [-0.15, -0.1) is 0 Å². The number of cyclic esters (lactones) is 4. The number of carbonyl (C=O) groups is 4. The van der Waals surface area contributed by atoms with E-state index < -0.39 is 35.5 Å². The van der Waals surface area contributed by atoms with Crippen LogP contribution in [0.3, 0.4) is 0 Å². The third-order valence-electron chi connectivity index (χ3n) is 7.91. The number of halogens is 3. The molecule has 2 aliphatic heterocycles. The van der Waals surface area contributed by atoms with Crippen molar-refractivity contribution in [2.45, 2.75) is 11.6 Å². The van der Waals surface area contributed by atoms with Crippen molar-refractivity contribution in [3.8, 4) is 23.0 Å². The highest BCUT2D eigenvalue weighted by molar-refractivity contribution is 6.15. The normalized spacial score (nSPS) is 13.9. The zero-order valence-electron chi connectivity index (χ0n) is 23.9. The molecule has 0 bridgehead atoms. The van der Waals surface area contributed by atoms with Crippen molar-refractivity contribution >= 4 is 23.9 Å². The lowest BCUT2D eigenvalue weighted by atomic mass is 9.69. The Labute approximate surface area is 263 Å². The van der Waals surface area contributed by atoms with E-state index >= 15 is 13.2 Å². The molecular weight excluding hydrogens is 617 g/mol. The van der Waals surface area contributed by atoms with E-state index in [9.17, 15) is 19.2 Å². The fraction of sp³-hybridized carbons (Fsp3) is 0.0556. The number of hydrogen-bond donors (Lipinski definition) is 0. The number of fused-ring (bicyclic) bond motifs is 2. The van der Waals surface area contributed by atoms with Crippen LogP contribution in [0.1, 0.15) is 58.1 Å². The lowest BCUT2D eigenvalue weighted by molar-refractivity contribution is -0.166. The van der Waals surface area contributed by atoms with Crippen LogP contribution in [0.15, 0.2) is 115 Å². The highest BCUT2D eigenvalue weighted by atomic mass is 19.4. The number of benzene rings is 5. The molecule has 2 aliphatic rings. The molecular formula is C36H19F3O8. The van der Waals surface area contributed by atoms with E-state index in [1.807, 2.05) is 0 Å². The minimum absolute atomic E-state index is 0.0292. The highest BCUT2D eigenvalue weighted by Gasteiger charge is 2.58. The van der Waals surface area contributed by atoms with Crippen LogP contribution in [0.4, 0.5) is 13.2 Å². The summed E-state index contributed by atoms with van der Waals surface area (Å²) in [5.41, 5.74) is -2.57. The summed E-state index contributed by atoms with van der Waals surface area (Å²) in [6.45, 7) is 0. The molecule has 0 radical (unpaired) electrons. The largest absolute Gasteiger partial charge is 0.457 e. The number of alkyl halides is 3. The number of hydrogen-bond acceptors (Lipinski definition) is 8. The van der Waals surface area contributed by atoms with Crippen molar-refractivity contribution < 1.29 is 51.3 Å². The predicted octanol–water partition coefficient (Wildman–Crippen LogP) is 7.79. The van der Waals surface area contributed by atoms with Crippen LogP contribution < -0.4 is 9.47 Å². The van der Waals surface area contributed by atoms with Crippen molar-refractivity contribution in [1.29, 1.82) is 0 Å². The molecule has 0 unspecified atom stereocenters. The first kappa shape index (κ1) is 29.5. The van der Waals surface area contributed by atoms with E-state index in [0.29, 0.717) is 0 Å². The van der Waals surface area contributed by atoms with Crippen LogP contribution in [0, 0.1) is 0 Å². The summed E-state index contributed by atoms with van der Waals surface area (Å²) in [5.74, 6) is -2.39. The average molecular weight is 637 g/mol. The molecule has 0 spiro atoms. The zero-order chi connectivity index (χ0) is 32.9. The quantitative estimate of drug-likeness (QED) is 0.101. The van der Waals surface area contributed by atoms with Gasteiger partial charge in [0.15, 0.2) is 0 Å². The molecule has 2 heterocycles. The van der Waals surface area contributed by atoms with E-state index in [2.05, 4.69) is 9.47 Å². The van der Waals surface area contributed by atoms with E-state index in [-0.39, 0.29) is 61.9 Å². The fourth-order valence-corrected chi connectivity index (χ4v) is 5.75. The number of carbonyl (C=O) groups excluding carboxylic acids is 4. The maximum atomic E-state index is 15.5. The number of esters is 4. The van der Waals surface area contributed by atoms with E-state index in [1.165, 1.54) is 109 Å². The lowest BCUT2D eigenvalue weighted by Crippen LogP contribution is -2.44. The van der Waals surface area contributed by atoms with Crippen molar-refractivity contribution in [3.05, 3.63) is 154 Å². The molecule has 8 nitrogen and oxygen atoms in total. The number of ether oxygens (including phenoxy) is 4. The Bertz CT molecular complexity index is 1960. The zero-order valence-corrected chi connectivity index (χ0v) is 23.9. The molecule has 0 N–H and O–H groups in total. The van der Waals surface area contributed by atoms with Gasteiger partial charge in [-0.25, -0.2) is 19.2 Å². The Hall–Kier alpha value is -6.23. The van der Waals surface area contributed by atoms with Gasteiger partial charge in [0, 0.05) is 0 Å². The van der Waals surface area contributed by atoms with E-state index in [0.717, 1.165) is 0 Å². The molecule has 0 aliphatic carbocycles. The first-order valence-corrected chi connectivity index (χ1v) is 14.0. The van der Waals surface area contributed by atoms with Gasteiger partial charge in [0.05, 0.1) is 22.3 Å². The Morgan fingerprint density at radius 3 is 1.19 bits per heavy atom. The van der Waals surface area contributed by atoms with Gasteiger partial charge < -0.3 is 18.9 Å². The van der Waals surface area contributed by atoms with Gasteiger partial charge in [0.2, 0.25) is 0 Å². The summed E-state index contributed by atoms with van der Waals surface area (Å²) in [5, 5.41) is 0. The molecule has 47 heavy (non-hydrogen) atoms. The average Bonchev–Trinajstić information content (AvgIpc) is 3.50. The Morgan fingerprint density at radius 2 is 0.787 bits per heavy atom. The minimum atomic E-state index is -4.82. The third-order valence-corrected chi connectivity index (χ3v) is 7.91. The Kier molecular flexibility index (Phi) is 6.89. The van der Waals surface area contributed by atoms with Crippen LogP contribution in [-0.4, -0.2) is 30.1 Å². The SMILES string of the molecule is O=C1OC(=O)c2cc(Oc3ccc(C(c4ccccc4)(c4ccc(Oc5ccc6c(c5)C(=O)OC6=O)cc4)C(F)(F)F)cc3)ccc21. The van der Waals surface area contributed by atoms with Gasteiger partial charge in [-0.2, -0.15) is 13.2 Å². The Morgan fingerprint density at radius 1 is 0.426 bits per heavy atom. The third kappa shape index (κ3) is 4.98. The molecule has 5 aromatic rings. The van der Waals surface area contributed by atoms with Gasteiger partial charge in [0.1, 0.15) is 28.4 Å². The molecule has 0 amide bonds. The monoisotopic (exact) mass is 636 g/mol. The maximum absolute atomic E-state index is 15.5. The van der Waals surface area contributed by atoms with Crippen LogP contribution in [0.25, 0.3) is 0 Å². The van der Waals surface area contributed by atoms with E-state index in [1.54, 1.807) is 6.07 Å². The standard InChI is InChI=1S/C36H19F3O8/c37-36(38,39)35(20-4-2-1-3-5-20,21-6-10-23(11-7-21)44-25-14-16-27-29(18-25)33(42)46-31(27)40)22-8-12-24(13-9-22)45-26-15-17-28-30(19-26)34(43)47-32(28)41/h1-19H. The van der Waals surface area contributed by atoms with Crippen LogP contribution in [-0.2, 0) is 14.9 Å². The summed E-state index contributed by atoms with van der Waals surface area (Å²) >= 11 is 0. The Balaban J connectivity index is 1.23. The second kappa shape index (κ2) is 11.0. The molecule has 0 saturated heterocycles. The molecule has 232 valence electrons. The van der Waals surface area contributed by atoms with Crippen LogP contribution in [0.5, 0.6) is 23.0 Å². The summed E-state index contributed by atoms with van der Waals surface area (Å²) < 4.78 is 67.3. The first-order chi connectivity index (χ1) is 22.5. The van der Waals surface area contributed by atoms with E-state index in [4.69, 9.17) is 9.47 Å². The second-order valence-corrected chi connectivity index (χ2v) is 10.6. The van der Waals surface area contributed by atoms with Crippen molar-refractivity contribution in [3.63, 3.8) is 0 Å². The lowest BCUT2D eigenvalue weighted by Gasteiger charge is -2.37. The summed E-state index contributed by atoms with van der Waals surface area (Å²) in [7, 11) is 0. The molecule has 7 rings (SSSR count). The van der Waals surface area contributed by atoms with Crippen molar-refractivity contribution in [1.82, 2.24) is 0 Å². The van der Waals surface area contributed by atoms with Crippen molar-refractivity contribution in [2.24, 2.45) is 0 Å². The smallest absolute Gasteiger partial charge is 0.406 e. The molecule has 0 atom stereocenters. The molecule has 11 heteroatoms. The molecule has 0 saturated carbocycles.